The van der Waals surface area contributed by atoms with E-state index in [0.717, 1.165) is 22.6 Å². The highest BCUT2D eigenvalue weighted by atomic mass is 32.1. The monoisotopic (exact) mass is 273 g/mol. The Bertz CT molecular complexity index is 659. The molecule has 1 aliphatic carbocycles. The van der Waals surface area contributed by atoms with Gasteiger partial charge in [0, 0.05) is 29.3 Å². The lowest BCUT2D eigenvalue weighted by Gasteiger charge is -2.09. The maximum atomic E-state index is 5.35. The van der Waals surface area contributed by atoms with E-state index in [4.69, 9.17) is 17.0 Å². The Morgan fingerprint density at radius 2 is 2.16 bits per heavy atom. The molecule has 1 fully saturated rings. The summed E-state index contributed by atoms with van der Waals surface area (Å²) in [5.74, 6) is 2.16. The van der Waals surface area contributed by atoms with Crippen molar-refractivity contribution in [2.75, 3.05) is 7.11 Å². The maximum absolute atomic E-state index is 5.35. The number of aromatic nitrogens is 3. The molecule has 0 unspecified atom stereocenters. The van der Waals surface area contributed by atoms with Crippen LogP contribution < -0.4 is 4.74 Å². The van der Waals surface area contributed by atoms with Crippen LogP contribution in [0, 0.1) is 11.6 Å². The second-order valence-electron chi connectivity index (χ2n) is 4.79. The SMILES string of the molecule is COc1ccc(-c2[nH]c(C3CC3)nc(=S)c2C)cn1. The molecule has 5 heteroatoms. The number of H-pyrrole nitrogens is 1. The van der Waals surface area contributed by atoms with Gasteiger partial charge in [-0.05, 0) is 25.8 Å². The number of pyridine rings is 1. The third-order valence-electron chi connectivity index (χ3n) is 3.37. The molecule has 0 aromatic carbocycles. The van der Waals surface area contributed by atoms with Crippen molar-refractivity contribution < 1.29 is 4.74 Å². The van der Waals surface area contributed by atoms with Crippen molar-refractivity contribution in [1.29, 1.82) is 0 Å². The maximum Gasteiger partial charge on any atom is 0.212 e. The summed E-state index contributed by atoms with van der Waals surface area (Å²) in [5.41, 5.74) is 3.01. The molecule has 3 rings (SSSR count). The first kappa shape index (κ1) is 12.3. The van der Waals surface area contributed by atoms with Crippen LogP contribution in [0.25, 0.3) is 11.3 Å². The van der Waals surface area contributed by atoms with Crippen LogP contribution in [0.2, 0.25) is 0 Å². The van der Waals surface area contributed by atoms with E-state index in [1.807, 2.05) is 19.1 Å². The molecular formula is C14H15N3OS. The van der Waals surface area contributed by atoms with Gasteiger partial charge in [0.15, 0.2) is 0 Å². The molecule has 2 aromatic rings. The number of nitrogens with zero attached hydrogens (tertiary/aromatic N) is 2. The first-order chi connectivity index (χ1) is 9.19. The fourth-order valence-corrected chi connectivity index (χ4v) is 2.24. The molecular weight excluding hydrogens is 258 g/mol. The molecule has 2 heterocycles. The summed E-state index contributed by atoms with van der Waals surface area (Å²) in [6.07, 6.45) is 4.19. The molecule has 19 heavy (non-hydrogen) atoms. The van der Waals surface area contributed by atoms with Crippen LogP contribution in [0.4, 0.5) is 0 Å². The van der Waals surface area contributed by atoms with Crippen LogP contribution >= 0.6 is 12.2 Å². The number of nitrogens with one attached hydrogen (secondary N) is 1. The Labute approximate surface area is 116 Å². The van der Waals surface area contributed by atoms with Gasteiger partial charge < -0.3 is 9.72 Å². The predicted molar refractivity (Wildman–Crippen MR) is 75.9 cm³/mol. The van der Waals surface area contributed by atoms with Crippen LogP contribution in [0.3, 0.4) is 0 Å². The molecule has 1 aliphatic rings. The normalized spacial score (nSPS) is 14.4. The molecule has 2 aromatic heterocycles. The van der Waals surface area contributed by atoms with Crippen LogP contribution in [-0.2, 0) is 0 Å². The predicted octanol–water partition coefficient (Wildman–Crippen LogP) is 3.40. The van der Waals surface area contributed by atoms with Crippen LogP contribution in [0.15, 0.2) is 18.3 Å². The van der Waals surface area contributed by atoms with Gasteiger partial charge in [-0.25, -0.2) is 9.97 Å². The minimum absolute atomic E-state index is 0.548. The highest BCUT2D eigenvalue weighted by Crippen LogP contribution is 2.39. The van der Waals surface area contributed by atoms with Gasteiger partial charge in [0.2, 0.25) is 5.88 Å². The standard InChI is InChI=1S/C14H15N3OS/c1-8-12(10-5-6-11(18-2)15-7-10)16-13(9-3-4-9)17-14(8)19/h5-7,9H,3-4H2,1-2H3,(H,16,17,19). The quantitative estimate of drug-likeness (QED) is 0.871. The third-order valence-corrected chi connectivity index (χ3v) is 3.77. The first-order valence-electron chi connectivity index (χ1n) is 6.30. The fourth-order valence-electron chi connectivity index (χ4n) is 2.04. The molecule has 1 N–H and O–H groups in total. The summed E-state index contributed by atoms with van der Waals surface area (Å²) < 4.78 is 5.75. The van der Waals surface area contributed by atoms with E-state index in [1.54, 1.807) is 13.3 Å². The fraction of sp³-hybridized carbons (Fsp3) is 0.357. The van der Waals surface area contributed by atoms with Gasteiger partial charge in [-0.2, -0.15) is 0 Å². The molecule has 0 aliphatic heterocycles. The minimum Gasteiger partial charge on any atom is -0.481 e. The first-order valence-corrected chi connectivity index (χ1v) is 6.71. The van der Waals surface area contributed by atoms with Crippen molar-refractivity contribution in [2.45, 2.75) is 25.7 Å². The van der Waals surface area contributed by atoms with E-state index in [2.05, 4.69) is 15.0 Å². The van der Waals surface area contributed by atoms with Gasteiger partial charge in [-0.3, -0.25) is 0 Å². The van der Waals surface area contributed by atoms with Gasteiger partial charge in [0.25, 0.3) is 0 Å². The van der Waals surface area contributed by atoms with Gasteiger partial charge in [-0.1, -0.05) is 12.2 Å². The molecule has 0 atom stereocenters. The lowest BCUT2D eigenvalue weighted by atomic mass is 10.1. The Morgan fingerprint density at radius 1 is 1.37 bits per heavy atom. The Morgan fingerprint density at radius 3 is 2.74 bits per heavy atom. The number of ether oxygens (including phenoxy) is 1. The number of aromatic amines is 1. The van der Waals surface area contributed by atoms with Crippen LogP contribution in [0.5, 0.6) is 5.88 Å². The average molecular weight is 273 g/mol. The largest absolute Gasteiger partial charge is 0.481 e. The topological polar surface area (TPSA) is 50.8 Å². The summed E-state index contributed by atoms with van der Waals surface area (Å²) in [6.45, 7) is 1.99. The van der Waals surface area contributed by atoms with E-state index in [9.17, 15) is 0 Å². The van der Waals surface area contributed by atoms with Gasteiger partial charge in [0.05, 0.1) is 12.8 Å². The Hall–Kier alpha value is -1.75. The van der Waals surface area contributed by atoms with Crippen molar-refractivity contribution in [2.24, 2.45) is 0 Å². The van der Waals surface area contributed by atoms with Crippen molar-refractivity contribution in [1.82, 2.24) is 15.0 Å². The second kappa shape index (κ2) is 4.74. The summed E-state index contributed by atoms with van der Waals surface area (Å²) in [5, 5.41) is 0. The summed E-state index contributed by atoms with van der Waals surface area (Å²) in [4.78, 5) is 12.1. The Balaban J connectivity index is 2.09. The molecule has 0 spiro atoms. The average Bonchev–Trinajstić information content (AvgIpc) is 3.26. The Kier molecular flexibility index (Phi) is 3.06. The zero-order valence-corrected chi connectivity index (χ0v) is 11.8. The van der Waals surface area contributed by atoms with Gasteiger partial charge in [0.1, 0.15) is 10.5 Å². The highest BCUT2D eigenvalue weighted by molar-refractivity contribution is 7.71. The molecule has 0 radical (unpaired) electrons. The number of hydrogen-bond donors (Lipinski definition) is 1. The summed E-state index contributed by atoms with van der Waals surface area (Å²) >= 11 is 5.35. The molecule has 4 nitrogen and oxygen atoms in total. The highest BCUT2D eigenvalue weighted by Gasteiger charge is 2.26. The van der Waals surface area contributed by atoms with E-state index < -0.39 is 0 Å². The van der Waals surface area contributed by atoms with Crippen molar-refractivity contribution >= 4 is 12.2 Å². The third kappa shape index (κ3) is 2.38. The molecule has 0 amide bonds. The molecule has 0 saturated heterocycles. The van der Waals surface area contributed by atoms with Gasteiger partial charge in [-0.15, -0.1) is 0 Å². The van der Waals surface area contributed by atoms with Crippen molar-refractivity contribution in [3.8, 4) is 17.1 Å². The lowest BCUT2D eigenvalue weighted by molar-refractivity contribution is 0.398. The lowest BCUT2D eigenvalue weighted by Crippen LogP contribution is -1.99. The smallest absolute Gasteiger partial charge is 0.212 e. The zero-order chi connectivity index (χ0) is 13.4. The van der Waals surface area contributed by atoms with Crippen LogP contribution in [0.1, 0.15) is 30.1 Å². The second-order valence-corrected chi connectivity index (χ2v) is 5.18. The summed E-state index contributed by atoms with van der Waals surface area (Å²) in [6, 6.07) is 3.83. The van der Waals surface area contributed by atoms with Crippen molar-refractivity contribution in [3.05, 3.63) is 34.4 Å². The van der Waals surface area contributed by atoms with Crippen molar-refractivity contribution in [3.63, 3.8) is 0 Å². The molecule has 1 saturated carbocycles. The zero-order valence-electron chi connectivity index (χ0n) is 10.9. The number of methoxy groups -OCH3 is 1. The van der Waals surface area contributed by atoms with E-state index in [-0.39, 0.29) is 0 Å². The molecule has 98 valence electrons. The van der Waals surface area contributed by atoms with E-state index in [1.165, 1.54) is 12.8 Å². The number of rotatable bonds is 3. The number of hydrogen-bond acceptors (Lipinski definition) is 4. The van der Waals surface area contributed by atoms with E-state index >= 15 is 0 Å². The summed E-state index contributed by atoms with van der Waals surface area (Å²) in [7, 11) is 1.61. The van der Waals surface area contributed by atoms with Gasteiger partial charge >= 0.3 is 0 Å². The van der Waals surface area contributed by atoms with E-state index in [0.29, 0.717) is 16.4 Å². The van der Waals surface area contributed by atoms with Crippen LogP contribution in [-0.4, -0.2) is 22.1 Å². The minimum atomic E-state index is 0.548. The molecule has 0 bridgehead atoms.